The van der Waals surface area contributed by atoms with Crippen molar-refractivity contribution in [3.05, 3.63) is 65.4 Å². The fourth-order valence-corrected chi connectivity index (χ4v) is 5.22. The molecule has 0 saturated carbocycles. The van der Waals surface area contributed by atoms with Gasteiger partial charge >= 0.3 is 0 Å². The van der Waals surface area contributed by atoms with Crippen LogP contribution in [0.4, 0.5) is 0 Å². The summed E-state index contributed by atoms with van der Waals surface area (Å²) in [6, 6.07) is 14.5. The second-order valence-corrected chi connectivity index (χ2v) is 10.3. The van der Waals surface area contributed by atoms with Crippen LogP contribution >= 0.6 is 0 Å². The van der Waals surface area contributed by atoms with Crippen LogP contribution < -0.4 is 9.47 Å². The summed E-state index contributed by atoms with van der Waals surface area (Å²) in [6.07, 6.45) is 5.79. The highest BCUT2D eigenvalue weighted by atomic mass is 16.5. The predicted octanol–water partition coefficient (Wildman–Crippen LogP) is 4.32. The number of methoxy groups -OCH3 is 2. The van der Waals surface area contributed by atoms with Gasteiger partial charge in [-0.2, -0.15) is 0 Å². The second kappa shape index (κ2) is 13.0. The van der Waals surface area contributed by atoms with Gasteiger partial charge in [0.15, 0.2) is 0 Å². The Labute approximate surface area is 227 Å². The van der Waals surface area contributed by atoms with Crippen molar-refractivity contribution in [3.8, 4) is 11.5 Å². The first-order chi connectivity index (χ1) is 18.4. The molecule has 38 heavy (non-hydrogen) atoms. The maximum atomic E-state index is 13.1. The van der Waals surface area contributed by atoms with E-state index < -0.39 is 0 Å². The number of fused-ring (bicyclic) bond motifs is 1. The summed E-state index contributed by atoms with van der Waals surface area (Å²) in [5, 5.41) is 1.12. The molecule has 1 aromatic heterocycles. The first-order valence-electron chi connectivity index (χ1n) is 13.5. The van der Waals surface area contributed by atoms with Gasteiger partial charge in [-0.25, -0.2) is 0 Å². The van der Waals surface area contributed by atoms with E-state index in [4.69, 9.17) is 9.47 Å². The van der Waals surface area contributed by atoms with Crippen LogP contribution in [0.1, 0.15) is 23.2 Å². The number of piperazine rings is 1. The molecule has 4 rings (SSSR count). The van der Waals surface area contributed by atoms with Crippen LogP contribution in [0, 0.1) is 6.92 Å². The van der Waals surface area contributed by atoms with Gasteiger partial charge in [0, 0.05) is 67.5 Å². The summed E-state index contributed by atoms with van der Waals surface area (Å²) >= 11 is 0. The number of nitrogens with zero attached hydrogens (tertiary/aromatic N) is 4. The lowest BCUT2D eigenvalue weighted by Crippen LogP contribution is -2.48. The predicted molar refractivity (Wildman–Crippen MR) is 155 cm³/mol. The van der Waals surface area contributed by atoms with E-state index in [1.54, 1.807) is 20.3 Å². The number of carbonyl (C=O) groups excluding carboxylic acids is 1. The molecule has 7 heteroatoms. The standard InChI is InChI=1S/C31H42N4O3/c1-24-28(29-23-27(38-5)10-12-30(29)35(24)16-7-15-32(2)3)11-13-31(36)34-20-18-33(19-21-34)17-14-25-8-6-9-26(22-25)37-4/h6,8-13,22-23H,7,14-21H2,1-5H3/b13-11+. The number of rotatable bonds is 11. The lowest BCUT2D eigenvalue weighted by Gasteiger charge is -2.34. The van der Waals surface area contributed by atoms with Crippen molar-refractivity contribution >= 4 is 22.9 Å². The average Bonchev–Trinajstić information content (AvgIpc) is 3.20. The van der Waals surface area contributed by atoms with Crippen molar-refractivity contribution in [2.24, 2.45) is 0 Å². The Morgan fingerprint density at radius 1 is 0.974 bits per heavy atom. The number of hydrogen-bond acceptors (Lipinski definition) is 5. The van der Waals surface area contributed by atoms with E-state index >= 15 is 0 Å². The molecule has 0 spiro atoms. The van der Waals surface area contributed by atoms with Gasteiger partial charge in [-0.3, -0.25) is 9.69 Å². The molecular formula is C31H42N4O3. The second-order valence-electron chi connectivity index (χ2n) is 10.3. The Morgan fingerprint density at radius 2 is 1.71 bits per heavy atom. The summed E-state index contributed by atoms with van der Waals surface area (Å²) in [7, 11) is 7.60. The normalized spacial score (nSPS) is 14.6. The molecule has 3 aromatic rings. The minimum Gasteiger partial charge on any atom is -0.497 e. The van der Waals surface area contributed by atoms with E-state index in [1.807, 2.05) is 29.2 Å². The quantitative estimate of drug-likeness (QED) is 0.354. The molecule has 1 saturated heterocycles. The molecule has 0 atom stereocenters. The van der Waals surface area contributed by atoms with Crippen LogP contribution in [0.3, 0.4) is 0 Å². The largest absolute Gasteiger partial charge is 0.497 e. The zero-order valence-electron chi connectivity index (χ0n) is 23.6. The fraction of sp³-hybridized carbons (Fsp3) is 0.452. The maximum absolute atomic E-state index is 13.1. The van der Waals surface area contributed by atoms with Gasteiger partial charge in [-0.05, 0) is 82.4 Å². The SMILES string of the molecule is COc1cccc(CCN2CCN(C(=O)/C=C/c3c(C)n(CCCN(C)C)c4ccc(OC)cc34)CC2)c1. The summed E-state index contributed by atoms with van der Waals surface area (Å²) in [6.45, 7) is 8.39. The Bertz CT molecular complexity index is 1260. The lowest BCUT2D eigenvalue weighted by atomic mass is 10.1. The summed E-state index contributed by atoms with van der Waals surface area (Å²) < 4.78 is 13.2. The third kappa shape index (κ3) is 6.77. The molecule has 1 amide bonds. The number of carbonyl (C=O) groups is 1. The molecule has 7 nitrogen and oxygen atoms in total. The topological polar surface area (TPSA) is 50.2 Å². The first kappa shape index (κ1) is 27.7. The third-order valence-electron chi connectivity index (χ3n) is 7.49. The minimum atomic E-state index is 0.0771. The molecule has 1 aliphatic heterocycles. The highest BCUT2D eigenvalue weighted by Gasteiger charge is 2.20. The van der Waals surface area contributed by atoms with Gasteiger partial charge in [0.05, 0.1) is 14.2 Å². The lowest BCUT2D eigenvalue weighted by molar-refractivity contribution is -0.127. The molecule has 0 aliphatic carbocycles. The van der Waals surface area contributed by atoms with Gasteiger partial charge in [0.1, 0.15) is 11.5 Å². The van der Waals surface area contributed by atoms with Crippen LogP contribution in [0.15, 0.2) is 48.5 Å². The van der Waals surface area contributed by atoms with Gasteiger partial charge in [0.2, 0.25) is 5.91 Å². The van der Waals surface area contributed by atoms with Crippen LogP contribution in [0.5, 0.6) is 11.5 Å². The molecular weight excluding hydrogens is 476 g/mol. The van der Waals surface area contributed by atoms with E-state index in [1.165, 1.54) is 16.8 Å². The smallest absolute Gasteiger partial charge is 0.246 e. The summed E-state index contributed by atoms with van der Waals surface area (Å²) in [5.74, 6) is 1.80. The van der Waals surface area contributed by atoms with E-state index in [0.29, 0.717) is 0 Å². The molecule has 1 fully saturated rings. The molecule has 0 unspecified atom stereocenters. The molecule has 2 heterocycles. The van der Waals surface area contributed by atoms with Crippen molar-refractivity contribution < 1.29 is 14.3 Å². The number of hydrogen-bond donors (Lipinski definition) is 0. The maximum Gasteiger partial charge on any atom is 0.246 e. The Balaban J connectivity index is 1.39. The number of aryl methyl sites for hydroxylation is 1. The Morgan fingerprint density at radius 3 is 2.42 bits per heavy atom. The van der Waals surface area contributed by atoms with Gasteiger partial charge in [-0.1, -0.05) is 12.1 Å². The number of benzene rings is 2. The molecule has 0 radical (unpaired) electrons. The van der Waals surface area contributed by atoms with Crippen LogP contribution in [0.2, 0.25) is 0 Å². The van der Waals surface area contributed by atoms with Gasteiger partial charge in [0.25, 0.3) is 0 Å². The average molecular weight is 519 g/mol. The van der Waals surface area contributed by atoms with Crippen molar-refractivity contribution in [3.63, 3.8) is 0 Å². The zero-order chi connectivity index (χ0) is 27.1. The fourth-order valence-electron chi connectivity index (χ4n) is 5.22. The minimum absolute atomic E-state index is 0.0771. The van der Waals surface area contributed by atoms with E-state index in [2.05, 4.69) is 59.7 Å². The van der Waals surface area contributed by atoms with Crippen molar-refractivity contribution in [1.29, 1.82) is 0 Å². The monoisotopic (exact) mass is 518 g/mol. The third-order valence-corrected chi connectivity index (χ3v) is 7.49. The highest BCUT2D eigenvalue weighted by molar-refractivity contribution is 5.98. The van der Waals surface area contributed by atoms with Crippen molar-refractivity contribution in [2.75, 3.05) is 67.6 Å². The van der Waals surface area contributed by atoms with Crippen LogP contribution in [-0.4, -0.2) is 92.8 Å². The van der Waals surface area contributed by atoms with E-state index in [-0.39, 0.29) is 5.91 Å². The highest BCUT2D eigenvalue weighted by Crippen LogP contribution is 2.31. The van der Waals surface area contributed by atoms with Crippen LogP contribution in [-0.2, 0) is 17.8 Å². The molecule has 204 valence electrons. The summed E-state index contributed by atoms with van der Waals surface area (Å²) in [4.78, 5) is 19.7. The number of aromatic nitrogens is 1. The van der Waals surface area contributed by atoms with Crippen LogP contribution in [0.25, 0.3) is 17.0 Å². The summed E-state index contributed by atoms with van der Waals surface area (Å²) in [5.41, 5.74) is 4.73. The molecule has 2 aromatic carbocycles. The molecule has 1 aliphatic rings. The first-order valence-corrected chi connectivity index (χ1v) is 13.5. The van der Waals surface area contributed by atoms with Crippen molar-refractivity contribution in [2.45, 2.75) is 26.3 Å². The van der Waals surface area contributed by atoms with Gasteiger partial charge in [-0.15, -0.1) is 0 Å². The molecule has 0 N–H and O–H groups in total. The number of ether oxygens (including phenoxy) is 2. The van der Waals surface area contributed by atoms with E-state index in [0.717, 1.165) is 81.1 Å². The van der Waals surface area contributed by atoms with Crippen molar-refractivity contribution in [1.82, 2.24) is 19.3 Å². The van der Waals surface area contributed by atoms with Gasteiger partial charge < -0.3 is 23.8 Å². The Kier molecular flexibility index (Phi) is 9.48. The zero-order valence-corrected chi connectivity index (χ0v) is 23.6. The number of amides is 1. The van der Waals surface area contributed by atoms with E-state index in [9.17, 15) is 4.79 Å². The Hall–Kier alpha value is -3.29. The molecule has 0 bridgehead atoms.